The molecule has 2 aromatic heterocycles. The second-order valence-corrected chi connectivity index (χ2v) is 6.54. The van der Waals surface area contributed by atoms with Gasteiger partial charge in [0.2, 0.25) is 0 Å². The Kier molecular flexibility index (Phi) is 4.89. The molecule has 0 radical (unpaired) electrons. The van der Waals surface area contributed by atoms with E-state index in [2.05, 4.69) is 15.3 Å². The number of fused-ring (bicyclic) bond motifs is 1. The number of halogens is 1. The van der Waals surface area contributed by atoms with Crippen molar-refractivity contribution in [3.8, 4) is 17.1 Å². The fourth-order valence-electron chi connectivity index (χ4n) is 3.25. The van der Waals surface area contributed by atoms with Gasteiger partial charge in [0, 0.05) is 35.4 Å². The first-order valence-electron chi connectivity index (χ1n) is 9.04. The van der Waals surface area contributed by atoms with Gasteiger partial charge in [0.15, 0.2) is 0 Å². The highest BCUT2D eigenvalue weighted by Gasteiger charge is 2.14. The monoisotopic (exact) mass is 373 g/mol. The third-order valence-electron chi connectivity index (χ3n) is 4.73. The van der Waals surface area contributed by atoms with Crippen LogP contribution in [0.3, 0.4) is 0 Å². The van der Waals surface area contributed by atoms with Crippen LogP contribution in [0, 0.1) is 12.7 Å². The maximum absolute atomic E-state index is 13.8. The third-order valence-corrected chi connectivity index (χ3v) is 4.73. The van der Waals surface area contributed by atoms with Crippen LogP contribution >= 0.6 is 0 Å². The summed E-state index contributed by atoms with van der Waals surface area (Å²) in [7, 11) is 1.65. The van der Waals surface area contributed by atoms with Crippen molar-refractivity contribution in [3.05, 3.63) is 83.8 Å². The molecule has 140 valence electrons. The molecule has 1 N–H and O–H groups in total. The molecule has 0 amide bonds. The second-order valence-electron chi connectivity index (χ2n) is 6.54. The van der Waals surface area contributed by atoms with E-state index >= 15 is 0 Å². The molecule has 0 aliphatic rings. The van der Waals surface area contributed by atoms with E-state index in [1.165, 1.54) is 12.1 Å². The lowest BCUT2D eigenvalue weighted by molar-refractivity contribution is 0.414. The molecule has 0 atom stereocenters. The number of aromatic nitrogens is 2. The average molecular weight is 373 g/mol. The molecule has 28 heavy (non-hydrogen) atoms. The Morgan fingerprint density at radius 2 is 1.86 bits per heavy atom. The topological polar surface area (TPSA) is 47.0 Å². The van der Waals surface area contributed by atoms with E-state index < -0.39 is 0 Å². The first kappa shape index (κ1) is 17.9. The normalized spacial score (nSPS) is 10.8. The number of rotatable bonds is 5. The first-order valence-corrected chi connectivity index (χ1v) is 9.04. The Labute approximate surface area is 163 Å². The number of hydrogen-bond donors (Lipinski definition) is 1. The van der Waals surface area contributed by atoms with Crippen molar-refractivity contribution in [3.63, 3.8) is 0 Å². The SMILES string of the molecule is COc1ccc(CNc2c(C)c(-c3ccccn3)nc3cc(F)ccc23)cc1. The van der Waals surface area contributed by atoms with E-state index in [4.69, 9.17) is 4.74 Å². The van der Waals surface area contributed by atoms with Crippen LogP contribution in [0.5, 0.6) is 5.75 Å². The lowest BCUT2D eigenvalue weighted by Gasteiger charge is -2.16. The van der Waals surface area contributed by atoms with Crippen molar-refractivity contribution < 1.29 is 9.13 Å². The molecular weight excluding hydrogens is 353 g/mol. The molecular formula is C23H20FN3O. The Bertz CT molecular complexity index is 1110. The predicted molar refractivity (Wildman–Crippen MR) is 110 cm³/mol. The van der Waals surface area contributed by atoms with Gasteiger partial charge in [-0.15, -0.1) is 0 Å². The van der Waals surface area contributed by atoms with Gasteiger partial charge in [-0.3, -0.25) is 4.98 Å². The van der Waals surface area contributed by atoms with Crippen LogP contribution in [0.15, 0.2) is 66.9 Å². The highest BCUT2D eigenvalue weighted by Crippen LogP contribution is 2.33. The molecule has 0 spiro atoms. The molecule has 2 heterocycles. The fourth-order valence-corrected chi connectivity index (χ4v) is 3.25. The van der Waals surface area contributed by atoms with Crippen molar-refractivity contribution in [2.45, 2.75) is 13.5 Å². The summed E-state index contributed by atoms with van der Waals surface area (Å²) in [5.74, 6) is 0.513. The van der Waals surface area contributed by atoms with Gasteiger partial charge in [-0.2, -0.15) is 0 Å². The Morgan fingerprint density at radius 3 is 2.57 bits per heavy atom. The summed E-state index contributed by atoms with van der Waals surface area (Å²) < 4.78 is 19.1. The molecule has 4 rings (SSSR count). The van der Waals surface area contributed by atoms with E-state index in [1.54, 1.807) is 19.4 Å². The number of hydrogen-bond acceptors (Lipinski definition) is 4. The van der Waals surface area contributed by atoms with Gasteiger partial charge in [0.05, 0.1) is 24.0 Å². The van der Waals surface area contributed by atoms with Crippen LogP contribution < -0.4 is 10.1 Å². The van der Waals surface area contributed by atoms with E-state index in [1.807, 2.05) is 49.4 Å². The average Bonchev–Trinajstić information content (AvgIpc) is 2.74. The smallest absolute Gasteiger partial charge is 0.125 e. The molecule has 2 aromatic carbocycles. The van der Waals surface area contributed by atoms with Crippen LogP contribution in [0.1, 0.15) is 11.1 Å². The number of methoxy groups -OCH3 is 1. The van der Waals surface area contributed by atoms with Gasteiger partial charge < -0.3 is 10.1 Å². The second kappa shape index (κ2) is 7.64. The molecule has 5 heteroatoms. The van der Waals surface area contributed by atoms with Gasteiger partial charge >= 0.3 is 0 Å². The maximum Gasteiger partial charge on any atom is 0.125 e. The zero-order valence-electron chi connectivity index (χ0n) is 15.7. The molecule has 0 bridgehead atoms. The fraction of sp³-hybridized carbons (Fsp3) is 0.130. The number of nitrogens with one attached hydrogen (secondary N) is 1. The number of benzene rings is 2. The van der Waals surface area contributed by atoms with Gasteiger partial charge in [-0.1, -0.05) is 18.2 Å². The summed E-state index contributed by atoms with van der Waals surface area (Å²) >= 11 is 0. The molecule has 0 aliphatic carbocycles. The lowest BCUT2D eigenvalue weighted by atomic mass is 10.0. The minimum atomic E-state index is -0.308. The van der Waals surface area contributed by atoms with Crippen LogP contribution in [-0.4, -0.2) is 17.1 Å². The predicted octanol–water partition coefficient (Wildman–Crippen LogP) is 5.37. The zero-order valence-corrected chi connectivity index (χ0v) is 15.7. The highest BCUT2D eigenvalue weighted by molar-refractivity contribution is 5.96. The Balaban J connectivity index is 1.77. The van der Waals surface area contributed by atoms with Crippen molar-refractivity contribution in [1.82, 2.24) is 9.97 Å². The number of pyridine rings is 2. The van der Waals surface area contributed by atoms with Crippen LogP contribution in [0.4, 0.5) is 10.1 Å². The summed E-state index contributed by atoms with van der Waals surface area (Å²) in [5.41, 5.74) is 5.14. The third kappa shape index (κ3) is 3.51. The number of ether oxygens (including phenoxy) is 1. The standard InChI is InChI=1S/C23H20FN3O/c1-15-22(26-14-16-6-9-18(28-2)10-7-16)19-11-8-17(24)13-21(19)27-23(15)20-5-3-4-12-25-20/h3-13H,14H2,1-2H3,(H,26,27). The van der Waals surface area contributed by atoms with Crippen LogP contribution in [0.25, 0.3) is 22.3 Å². The maximum atomic E-state index is 13.8. The summed E-state index contributed by atoms with van der Waals surface area (Å²) in [5, 5.41) is 4.39. The molecule has 0 fully saturated rings. The van der Waals surface area contributed by atoms with E-state index in [-0.39, 0.29) is 5.82 Å². The Hall–Kier alpha value is -3.47. The summed E-state index contributed by atoms with van der Waals surface area (Å²) in [6.07, 6.45) is 1.73. The number of anilines is 1. The number of nitrogens with zero attached hydrogens (tertiary/aromatic N) is 2. The molecule has 0 saturated carbocycles. The van der Waals surface area contributed by atoms with Crippen LogP contribution in [0.2, 0.25) is 0 Å². The van der Waals surface area contributed by atoms with Crippen molar-refractivity contribution in [2.24, 2.45) is 0 Å². The highest BCUT2D eigenvalue weighted by atomic mass is 19.1. The van der Waals surface area contributed by atoms with Gasteiger partial charge in [0.1, 0.15) is 11.6 Å². The molecule has 0 unspecified atom stereocenters. The van der Waals surface area contributed by atoms with Crippen LogP contribution in [-0.2, 0) is 6.54 Å². The van der Waals surface area contributed by atoms with Crippen molar-refractivity contribution >= 4 is 16.6 Å². The quantitative estimate of drug-likeness (QED) is 0.511. The zero-order chi connectivity index (χ0) is 19.5. The summed E-state index contributed by atoms with van der Waals surface area (Å²) in [6.45, 7) is 2.64. The minimum Gasteiger partial charge on any atom is -0.497 e. The molecule has 0 aliphatic heterocycles. The minimum absolute atomic E-state index is 0.308. The largest absolute Gasteiger partial charge is 0.497 e. The molecule has 4 nitrogen and oxygen atoms in total. The van der Waals surface area contributed by atoms with Gasteiger partial charge in [0.25, 0.3) is 0 Å². The summed E-state index contributed by atoms with van der Waals surface area (Å²) in [4.78, 5) is 9.10. The van der Waals surface area contributed by atoms with Crippen molar-refractivity contribution in [2.75, 3.05) is 12.4 Å². The van der Waals surface area contributed by atoms with Gasteiger partial charge in [-0.05, 0) is 48.9 Å². The lowest BCUT2D eigenvalue weighted by Crippen LogP contribution is -2.05. The molecule has 4 aromatic rings. The van der Waals surface area contributed by atoms with E-state index in [0.717, 1.165) is 39.3 Å². The molecule has 0 saturated heterocycles. The summed E-state index contributed by atoms with van der Waals surface area (Å²) in [6, 6.07) is 18.3. The van der Waals surface area contributed by atoms with Crippen molar-refractivity contribution in [1.29, 1.82) is 0 Å². The van der Waals surface area contributed by atoms with Gasteiger partial charge in [-0.25, -0.2) is 9.37 Å². The first-order chi connectivity index (χ1) is 13.7. The Morgan fingerprint density at radius 1 is 1.04 bits per heavy atom. The van der Waals surface area contributed by atoms with E-state index in [0.29, 0.717) is 12.1 Å². The van der Waals surface area contributed by atoms with E-state index in [9.17, 15) is 4.39 Å².